The topological polar surface area (TPSA) is 9.23 Å². The Morgan fingerprint density at radius 2 is 1.76 bits per heavy atom. The maximum absolute atomic E-state index is 6.60. The summed E-state index contributed by atoms with van der Waals surface area (Å²) in [5.41, 5.74) is 0. The lowest BCUT2D eigenvalue weighted by Gasteiger charge is -2.40. The Bertz CT molecular complexity index is 357. The molecule has 0 amide bonds. The van der Waals surface area contributed by atoms with E-state index in [1.54, 1.807) is 0 Å². The molecule has 122 valence electrons. The van der Waals surface area contributed by atoms with Crippen molar-refractivity contribution in [1.82, 2.24) is 0 Å². The molecule has 1 nitrogen and oxygen atoms in total. The molecule has 0 unspecified atom stereocenters. The highest BCUT2D eigenvalue weighted by atomic mass is 28.4. The van der Waals surface area contributed by atoms with Crippen LogP contribution in [0.3, 0.4) is 0 Å². The fraction of sp³-hybridized carbons (Fsp3) is 0.789. The maximum Gasteiger partial charge on any atom is 0.192 e. The van der Waals surface area contributed by atoms with E-state index in [0.29, 0.717) is 11.8 Å². The van der Waals surface area contributed by atoms with Crippen LogP contribution < -0.4 is 0 Å². The van der Waals surface area contributed by atoms with Crippen molar-refractivity contribution in [3.05, 3.63) is 12.2 Å². The normalized spacial score (nSPS) is 17.5. The van der Waals surface area contributed by atoms with Gasteiger partial charge in [-0.05, 0) is 36.4 Å². The summed E-state index contributed by atoms with van der Waals surface area (Å²) in [4.78, 5) is 0. The predicted octanol–water partition coefficient (Wildman–Crippen LogP) is 6.03. The number of allylic oxidation sites excluding steroid dienone is 1. The van der Waals surface area contributed by atoms with Gasteiger partial charge in [0, 0.05) is 6.42 Å². The van der Waals surface area contributed by atoms with Gasteiger partial charge in [-0.3, -0.25) is 0 Å². The molecule has 0 N–H and O–H groups in total. The van der Waals surface area contributed by atoms with Crippen LogP contribution >= 0.6 is 0 Å². The van der Waals surface area contributed by atoms with Crippen LogP contribution in [0.2, 0.25) is 18.1 Å². The first-order valence-corrected chi connectivity index (χ1v) is 11.3. The lowest BCUT2D eigenvalue weighted by molar-refractivity contribution is 0.170. The Labute approximate surface area is 134 Å². The smallest absolute Gasteiger partial charge is 0.192 e. The molecule has 3 atom stereocenters. The van der Waals surface area contributed by atoms with Crippen LogP contribution in [-0.2, 0) is 4.43 Å². The standard InChI is InChI=1S/C19H36OSi/c1-10-12-16(3)14-15-18(17(4)13-11-2)20-21(8,9)19(5,6)7/h2,14-18H,10,12-13H2,1,3-9H3/b15-14+/t16-,17-,18+/m0/s1. The van der Waals surface area contributed by atoms with Crippen LogP contribution in [0.25, 0.3) is 0 Å². The van der Waals surface area contributed by atoms with Crippen LogP contribution in [0.5, 0.6) is 0 Å². The fourth-order valence-electron chi connectivity index (χ4n) is 2.01. The average Bonchev–Trinajstić information content (AvgIpc) is 2.33. The van der Waals surface area contributed by atoms with Gasteiger partial charge < -0.3 is 4.43 Å². The summed E-state index contributed by atoms with van der Waals surface area (Å²) in [6, 6.07) is 0. The lowest BCUT2D eigenvalue weighted by atomic mass is 9.98. The van der Waals surface area contributed by atoms with Crippen molar-refractivity contribution in [2.45, 2.75) is 85.0 Å². The van der Waals surface area contributed by atoms with Gasteiger partial charge in [0.25, 0.3) is 0 Å². The summed E-state index contributed by atoms with van der Waals surface area (Å²) in [6.07, 6.45) is 13.4. The minimum atomic E-state index is -1.77. The average molecular weight is 309 g/mol. The molecule has 0 radical (unpaired) electrons. The molecule has 0 aliphatic heterocycles. The first kappa shape index (κ1) is 20.5. The second-order valence-electron chi connectivity index (χ2n) is 7.88. The second kappa shape index (κ2) is 8.81. The van der Waals surface area contributed by atoms with Crippen molar-refractivity contribution in [3.8, 4) is 12.3 Å². The quantitative estimate of drug-likeness (QED) is 0.302. The second-order valence-corrected chi connectivity index (χ2v) is 12.6. The zero-order valence-electron chi connectivity index (χ0n) is 15.5. The van der Waals surface area contributed by atoms with Crippen LogP contribution in [0.4, 0.5) is 0 Å². The molecule has 0 aromatic carbocycles. The van der Waals surface area contributed by atoms with Gasteiger partial charge >= 0.3 is 0 Å². The van der Waals surface area contributed by atoms with Crippen molar-refractivity contribution in [3.63, 3.8) is 0 Å². The molecule has 0 saturated heterocycles. The first-order chi connectivity index (χ1) is 9.55. The van der Waals surface area contributed by atoms with Gasteiger partial charge in [0.2, 0.25) is 0 Å². The molecule has 0 aromatic heterocycles. The molecule has 0 fully saturated rings. The van der Waals surface area contributed by atoms with Crippen molar-refractivity contribution in [2.75, 3.05) is 0 Å². The monoisotopic (exact) mass is 308 g/mol. The fourth-order valence-corrected chi connectivity index (χ4v) is 3.36. The molecule has 0 heterocycles. The van der Waals surface area contributed by atoms with Gasteiger partial charge in [-0.2, -0.15) is 0 Å². The Morgan fingerprint density at radius 1 is 1.19 bits per heavy atom. The van der Waals surface area contributed by atoms with E-state index in [4.69, 9.17) is 10.8 Å². The molecular formula is C19H36OSi. The van der Waals surface area contributed by atoms with E-state index in [-0.39, 0.29) is 11.1 Å². The van der Waals surface area contributed by atoms with Crippen LogP contribution in [0, 0.1) is 24.2 Å². The predicted molar refractivity (Wildman–Crippen MR) is 97.9 cm³/mol. The van der Waals surface area contributed by atoms with Gasteiger partial charge in [-0.25, -0.2) is 0 Å². The molecule has 21 heavy (non-hydrogen) atoms. The molecule has 0 spiro atoms. The molecule has 0 bridgehead atoms. The molecular weight excluding hydrogens is 272 g/mol. The number of rotatable bonds is 8. The van der Waals surface area contributed by atoms with Crippen molar-refractivity contribution < 1.29 is 4.43 Å². The molecule has 0 aliphatic carbocycles. The van der Waals surface area contributed by atoms with E-state index in [2.05, 4.69) is 72.7 Å². The van der Waals surface area contributed by atoms with Gasteiger partial charge in [0.05, 0.1) is 6.10 Å². The zero-order chi connectivity index (χ0) is 16.7. The highest BCUT2D eigenvalue weighted by Crippen LogP contribution is 2.38. The largest absolute Gasteiger partial charge is 0.410 e. The minimum absolute atomic E-state index is 0.140. The summed E-state index contributed by atoms with van der Waals surface area (Å²) in [5, 5.41) is 0.226. The molecule has 0 saturated carbocycles. The van der Waals surface area contributed by atoms with E-state index < -0.39 is 8.32 Å². The number of terminal acetylenes is 1. The van der Waals surface area contributed by atoms with Gasteiger partial charge in [0.1, 0.15) is 0 Å². The minimum Gasteiger partial charge on any atom is -0.410 e. The third kappa shape index (κ3) is 7.34. The van der Waals surface area contributed by atoms with Crippen molar-refractivity contribution in [2.24, 2.45) is 11.8 Å². The van der Waals surface area contributed by atoms with E-state index in [1.165, 1.54) is 12.8 Å². The van der Waals surface area contributed by atoms with Crippen LogP contribution in [0.1, 0.15) is 60.8 Å². The summed E-state index contributed by atoms with van der Waals surface area (Å²) >= 11 is 0. The Morgan fingerprint density at radius 3 is 2.19 bits per heavy atom. The van der Waals surface area contributed by atoms with Gasteiger partial charge in [-0.15, -0.1) is 12.3 Å². The molecule has 0 rings (SSSR count). The molecule has 2 heteroatoms. The summed E-state index contributed by atoms with van der Waals surface area (Å²) in [7, 11) is -1.77. The van der Waals surface area contributed by atoms with Crippen molar-refractivity contribution >= 4 is 8.32 Å². The highest BCUT2D eigenvalue weighted by Gasteiger charge is 2.39. The first-order valence-electron chi connectivity index (χ1n) is 8.34. The van der Waals surface area contributed by atoms with E-state index >= 15 is 0 Å². The summed E-state index contributed by atoms with van der Waals surface area (Å²) < 4.78 is 6.60. The summed E-state index contributed by atoms with van der Waals surface area (Å²) in [5.74, 6) is 3.77. The Kier molecular flexibility index (Phi) is 8.59. The number of hydrogen-bond donors (Lipinski definition) is 0. The molecule has 0 aliphatic rings. The molecule has 0 aromatic rings. The zero-order valence-corrected chi connectivity index (χ0v) is 16.5. The third-order valence-electron chi connectivity index (χ3n) is 4.61. The highest BCUT2D eigenvalue weighted by molar-refractivity contribution is 6.74. The lowest BCUT2D eigenvalue weighted by Crippen LogP contribution is -2.45. The van der Waals surface area contributed by atoms with E-state index in [0.717, 1.165) is 6.42 Å². The maximum atomic E-state index is 6.60. The SMILES string of the molecule is C#CC[C@H](C)[C@@H](/C=C/[C@@H](C)CCC)O[Si](C)(C)C(C)(C)C. The van der Waals surface area contributed by atoms with E-state index in [1.807, 2.05) is 0 Å². The van der Waals surface area contributed by atoms with E-state index in [9.17, 15) is 0 Å². The Hall–Kier alpha value is -0.523. The third-order valence-corrected chi connectivity index (χ3v) is 9.08. The van der Waals surface area contributed by atoms with Gasteiger partial charge in [-0.1, -0.05) is 60.1 Å². The van der Waals surface area contributed by atoms with Crippen LogP contribution in [-0.4, -0.2) is 14.4 Å². The van der Waals surface area contributed by atoms with Gasteiger partial charge in [0.15, 0.2) is 8.32 Å². The van der Waals surface area contributed by atoms with Crippen molar-refractivity contribution in [1.29, 1.82) is 0 Å². The number of hydrogen-bond acceptors (Lipinski definition) is 1. The summed E-state index contributed by atoms with van der Waals surface area (Å²) in [6.45, 7) is 18.2. The van der Waals surface area contributed by atoms with Crippen LogP contribution in [0.15, 0.2) is 12.2 Å². The Balaban J connectivity index is 5.04.